The lowest BCUT2D eigenvalue weighted by atomic mass is 10.0. The lowest BCUT2D eigenvalue weighted by Crippen LogP contribution is -2.04. The maximum absolute atomic E-state index is 10.9. The second-order valence-electron chi connectivity index (χ2n) is 22.0. The SMILES string of the molecule is N#Cc1ccc(-c2cc(-c3cc(C#N)cc(-n4c5ccccc5c5cc(-c6ccc7c(c6)c6ccccc6n7-c6ccccc6)ccc54)c3)nc(-n3c4ccccc4c4cc(-c5ccc6c(c5)c5ccccc5n6-c5ccccc5)ccc43)n2)cc1. The molecule has 0 aliphatic carbocycles. The van der Waals surface area contributed by atoms with Gasteiger partial charge in [-0.3, -0.25) is 4.57 Å². The average molecular weight is 1100 g/mol. The van der Waals surface area contributed by atoms with Gasteiger partial charge in [-0.15, -0.1) is 0 Å². The van der Waals surface area contributed by atoms with Crippen LogP contribution in [0.5, 0.6) is 0 Å². The summed E-state index contributed by atoms with van der Waals surface area (Å²) in [6.07, 6.45) is 0. The summed E-state index contributed by atoms with van der Waals surface area (Å²) >= 11 is 0. The van der Waals surface area contributed by atoms with Gasteiger partial charge in [0.05, 0.1) is 78.8 Å². The molecule has 0 fully saturated rings. The Morgan fingerprint density at radius 3 is 0.988 bits per heavy atom. The lowest BCUT2D eigenvalue weighted by molar-refractivity contribution is 0.995. The molecule has 0 spiro atoms. The molecule has 0 bridgehead atoms. The number of rotatable bonds is 8. The van der Waals surface area contributed by atoms with Crippen LogP contribution in [0.4, 0.5) is 0 Å². The topological polar surface area (TPSA) is 93.1 Å². The Morgan fingerprint density at radius 1 is 0.233 bits per heavy atom. The van der Waals surface area contributed by atoms with Crippen LogP contribution in [0.2, 0.25) is 0 Å². The molecule has 0 N–H and O–H groups in total. The fourth-order valence-corrected chi connectivity index (χ4v) is 13.3. The maximum atomic E-state index is 10.9. The zero-order valence-corrected chi connectivity index (χ0v) is 46.1. The summed E-state index contributed by atoms with van der Waals surface area (Å²) in [4.78, 5) is 10.9. The molecule has 17 rings (SSSR count). The fourth-order valence-electron chi connectivity index (χ4n) is 13.3. The van der Waals surface area contributed by atoms with Gasteiger partial charge in [-0.05, 0) is 156 Å². The van der Waals surface area contributed by atoms with Crippen molar-refractivity contribution in [1.29, 1.82) is 10.5 Å². The highest BCUT2D eigenvalue weighted by Crippen LogP contribution is 2.42. The van der Waals surface area contributed by atoms with Gasteiger partial charge in [-0.2, -0.15) is 10.5 Å². The molecule has 12 aromatic carbocycles. The van der Waals surface area contributed by atoms with Crippen LogP contribution in [0.15, 0.2) is 279 Å². The number of benzene rings is 12. The van der Waals surface area contributed by atoms with Crippen LogP contribution >= 0.6 is 0 Å². The molecular formula is C78H46N8. The zero-order chi connectivity index (χ0) is 57.0. The van der Waals surface area contributed by atoms with Gasteiger partial charge >= 0.3 is 0 Å². The Morgan fingerprint density at radius 2 is 0.570 bits per heavy atom. The first kappa shape index (κ1) is 48.6. The van der Waals surface area contributed by atoms with E-state index in [-0.39, 0.29) is 0 Å². The van der Waals surface area contributed by atoms with Crippen molar-refractivity contribution in [2.75, 3.05) is 0 Å². The molecule has 0 aliphatic heterocycles. The quantitative estimate of drug-likeness (QED) is 0.151. The third-order valence-electron chi connectivity index (χ3n) is 17.2. The second-order valence-corrected chi connectivity index (χ2v) is 22.0. The Hall–Kier alpha value is -12.1. The number of fused-ring (bicyclic) bond motifs is 12. The van der Waals surface area contributed by atoms with Gasteiger partial charge in [-0.1, -0.05) is 146 Å². The minimum absolute atomic E-state index is 0.479. The van der Waals surface area contributed by atoms with E-state index in [9.17, 15) is 10.5 Å². The number of nitriles is 2. The van der Waals surface area contributed by atoms with E-state index in [4.69, 9.17) is 9.97 Å². The predicted molar refractivity (Wildman–Crippen MR) is 351 cm³/mol. The number of hydrogen-bond acceptors (Lipinski definition) is 4. The van der Waals surface area contributed by atoms with Crippen LogP contribution in [0.25, 0.3) is 155 Å². The summed E-state index contributed by atoms with van der Waals surface area (Å²) in [6.45, 7) is 0. The Labute approximate surface area is 493 Å². The molecule has 0 unspecified atom stereocenters. The Balaban J connectivity index is 0.809. The van der Waals surface area contributed by atoms with Gasteiger partial charge in [-0.25, -0.2) is 9.97 Å². The van der Waals surface area contributed by atoms with Crippen LogP contribution in [-0.2, 0) is 0 Å². The van der Waals surface area contributed by atoms with Crippen molar-refractivity contribution in [2.45, 2.75) is 0 Å². The van der Waals surface area contributed by atoms with Gasteiger partial charge < -0.3 is 13.7 Å². The molecule has 0 atom stereocenters. The van der Waals surface area contributed by atoms with E-state index in [2.05, 4.69) is 267 Å². The third kappa shape index (κ3) is 7.61. The largest absolute Gasteiger partial charge is 0.309 e. The van der Waals surface area contributed by atoms with Crippen LogP contribution in [0.1, 0.15) is 11.1 Å². The fraction of sp³-hybridized carbons (Fsp3) is 0. The molecule has 8 nitrogen and oxygen atoms in total. The van der Waals surface area contributed by atoms with Crippen LogP contribution < -0.4 is 0 Å². The number of nitrogens with zero attached hydrogens (tertiary/aromatic N) is 8. The molecule has 0 radical (unpaired) electrons. The van der Waals surface area contributed by atoms with Crippen molar-refractivity contribution in [3.8, 4) is 79.9 Å². The smallest absolute Gasteiger partial charge is 0.235 e. The molecular weight excluding hydrogens is 1050 g/mol. The predicted octanol–water partition coefficient (Wildman–Crippen LogP) is 19.3. The average Bonchev–Trinajstić information content (AvgIpc) is 2.25. The Kier molecular flexibility index (Phi) is 10.9. The number of aromatic nitrogens is 6. The Bertz CT molecular complexity index is 5730. The maximum Gasteiger partial charge on any atom is 0.235 e. The van der Waals surface area contributed by atoms with E-state index in [0.717, 1.165) is 105 Å². The standard InChI is InChI=1S/C78H46N8/c79-47-49-27-29-51(30-28-49)68-46-69(82-78(81-68)86-73-26-14-10-22-63(73)67-45-55(34-38-77(67)86)53-32-36-75-65(43-53)61-20-8-12-24-71(61)84(75)58-17-5-2-6-18-58)56-39-50(48-80)40-59(41-56)85-72-25-13-9-21-62(72)66-44-54(33-37-76(66)85)52-31-35-74-64(42-52)60-19-7-11-23-70(60)83(74)57-15-3-1-4-16-57/h1-46H. The van der Waals surface area contributed by atoms with Crippen LogP contribution in [-0.4, -0.2) is 28.2 Å². The molecule has 86 heavy (non-hydrogen) atoms. The van der Waals surface area contributed by atoms with Gasteiger partial charge in [0.25, 0.3) is 0 Å². The minimum atomic E-state index is 0.479. The van der Waals surface area contributed by atoms with Crippen molar-refractivity contribution in [1.82, 2.24) is 28.2 Å². The van der Waals surface area contributed by atoms with E-state index < -0.39 is 0 Å². The van der Waals surface area contributed by atoms with Crippen LogP contribution in [0, 0.1) is 22.7 Å². The third-order valence-corrected chi connectivity index (χ3v) is 17.2. The highest BCUT2D eigenvalue weighted by atomic mass is 15.2. The lowest BCUT2D eigenvalue weighted by Gasteiger charge is -2.14. The van der Waals surface area contributed by atoms with E-state index in [1.807, 2.05) is 42.5 Å². The zero-order valence-electron chi connectivity index (χ0n) is 46.1. The van der Waals surface area contributed by atoms with Crippen molar-refractivity contribution in [3.63, 3.8) is 0 Å². The summed E-state index contributed by atoms with van der Waals surface area (Å²) in [5.74, 6) is 0.479. The van der Waals surface area contributed by atoms with Crippen molar-refractivity contribution in [3.05, 3.63) is 290 Å². The van der Waals surface area contributed by atoms with Gasteiger partial charge in [0.2, 0.25) is 5.95 Å². The van der Waals surface area contributed by atoms with Gasteiger partial charge in [0, 0.05) is 71.3 Å². The summed E-state index contributed by atoms with van der Waals surface area (Å²) in [7, 11) is 0. The van der Waals surface area contributed by atoms with Crippen molar-refractivity contribution >= 4 is 87.2 Å². The number of para-hydroxylation sites is 6. The number of hydrogen-bond donors (Lipinski definition) is 0. The molecule has 0 aliphatic rings. The van der Waals surface area contributed by atoms with Crippen molar-refractivity contribution < 1.29 is 0 Å². The molecule has 5 aromatic heterocycles. The summed E-state index contributed by atoms with van der Waals surface area (Å²) in [5, 5.41) is 29.8. The van der Waals surface area contributed by atoms with Gasteiger partial charge in [0.1, 0.15) is 0 Å². The van der Waals surface area contributed by atoms with Crippen molar-refractivity contribution in [2.24, 2.45) is 0 Å². The highest BCUT2D eigenvalue weighted by molar-refractivity contribution is 6.15. The van der Waals surface area contributed by atoms with E-state index >= 15 is 0 Å². The summed E-state index contributed by atoms with van der Waals surface area (Å²) in [6, 6.07) is 103. The monoisotopic (exact) mass is 1090 g/mol. The first-order valence-corrected chi connectivity index (χ1v) is 28.7. The minimum Gasteiger partial charge on any atom is -0.309 e. The molecule has 0 saturated heterocycles. The summed E-state index contributed by atoms with van der Waals surface area (Å²) < 4.78 is 9.11. The first-order valence-electron chi connectivity index (χ1n) is 28.7. The van der Waals surface area contributed by atoms with Crippen LogP contribution in [0.3, 0.4) is 0 Å². The normalized spacial score (nSPS) is 11.7. The molecule has 398 valence electrons. The first-order chi connectivity index (χ1) is 42.5. The second kappa shape index (κ2) is 19.3. The molecule has 8 heteroatoms. The molecule has 0 saturated carbocycles. The summed E-state index contributed by atoms with van der Waals surface area (Å²) in [5.41, 5.74) is 20.1. The van der Waals surface area contributed by atoms with E-state index in [1.165, 1.54) is 32.6 Å². The van der Waals surface area contributed by atoms with Gasteiger partial charge in [0.15, 0.2) is 0 Å². The highest BCUT2D eigenvalue weighted by Gasteiger charge is 2.22. The van der Waals surface area contributed by atoms with E-state index in [0.29, 0.717) is 28.5 Å². The molecule has 5 heterocycles. The molecule has 0 amide bonds. The molecule has 17 aromatic rings. The van der Waals surface area contributed by atoms with E-state index in [1.54, 1.807) is 0 Å².